The van der Waals surface area contributed by atoms with Gasteiger partial charge in [-0.25, -0.2) is 0 Å². The summed E-state index contributed by atoms with van der Waals surface area (Å²) in [7, 11) is 0. The van der Waals surface area contributed by atoms with Gasteiger partial charge in [-0.15, -0.1) is 0 Å². The Balaban J connectivity index is 1.00. The Morgan fingerprint density at radius 3 is 1.53 bits per heavy atom. The molecule has 8 aromatic rings. The highest BCUT2D eigenvalue weighted by molar-refractivity contribution is 6.20. The first-order chi connectivity index (χ1) is 24.3. The Kier molecular flexibility index (Phi) is 7.17. The molecule has 1 aliphatic rings. The van der Waals surface area contributed by atoms with Crippen LogP contribution >= 0.6 is 0 Å². The molecule has 49 heavy (non-hydrogen) atoms. The molecule has 9 rings (SSSR count). The zero-order chi connectivity index (χ0) is 32.6. The summed E-state index contributed by atoms with van der Waals surface area (Å²) in [5.41, 5.74) is 13.4. The highest BCUT2D eigenvalue weighted by Gasteiger charge is 2.19. The van der Waals surface area contributed by atoms with Crippen LogP contribution in [0, 0.1) is 0 Å². The number of rotatable bonds is 7. The molecule has 2 heterocycles. The summed E-state index contributed by atoms with van der Waals surface area (Å²) in [5.74, 6) is 0. The fourth-order valence-corrected chi connectivity index (χ4v) is 6.96. The molecule has 0 bridgehead atoms. The maximum atomic E-state index is 4.62. The van der Waals surface area contributed by atoms with Gasteiger partial charge in [-0.3, -0.25) is 0 Å². The van der Waals surface area contributed by atoms with Crippen LogP contribution < -0.4 is 4.90 Å². The average molecular weight is 629 g/mol. The summed E-state index contributed by atoms with van der Waals surface area (Å²) in [6.45, 7) is 0. The van der Waals surface area contributed by atoms with Crippen LogP contribution in [0.5, 0.6) is 0 Å². The molecule has 4 heteroatoms. The second-order valence-electron chi connectivity index (χ2n) is 12.3. The Labute approximate surface area is 285 Å². The smallest absolute Gasteiger partial charge is 0.0763 e. The van der Waals surface area contributed by atoms with Crippen LogP contribution in [0.15, 0.2) is 192 Å². The highest BCUT2D eigenvalue weighted by Crippen LogP contribution is 2.37. The minimum absolute atomic E-state index is 0.699. The Hall–Kier alpha value is -6.52. The van der Waals surface area contributed by atoms with Gasteiger partial charge in [0.05, 0.1) is 22.5 Å². The van der Waals surface area contributed by atoms with Crippen molar-refractivity contribution in [3.8, 4) is 16.8 Å². The largest absolute Gasteiger partial charge is 0.311 e. The third-order valence-electron chi connectivity index (χ3n) is 9.35. The predicted molar refractivity (Wildman–Crippen MR) is 205 cm³/mol. The Bertz CT molecular complexity index is 2440. The van der Waals surface area contributed by atoms with Crippen molar-refractivity contribution in [1.82, 2.24) is 4.57 Å². The minimum Gasteiger partial charge on any atom is -0.311 e. The lowest BCUT2D eigenvalue weighted by atomic mass is 9.97. The van der Waals surface area contributed by atoms with E-state index in [0.29, 0.717) is 6.42 Å². The summed E-state index contributed by atoms with van der Waals surface area (Å²) in [5, 5.41) is 11.8. The molecule has 0 N–H and O–H groups in total. The summed E-state index contributed by atoms with van der Waals surface area (Å²) in [4.78, 5) is 2.30. The van der Waals surface area contributed by atoms with Gasteiger partial charge in [0.15, 0.2) is 0 Å². The van der Waals surface area contributed by atoms with E-state index in [9.17, 15) is 0 Å². The van der Waals surface area contributed by atoms with Crippen LogP contribution in [-0.2, 0) is 0 Å². The van der Waals surface area contributed by atoms with Gasteiger partial charge in [-0.05, 0) is 89.0 Å². The van der Waals surface area contributed by atoms with E-state index in [4.69, 9.17) is 0 Å². The van der Waals surface area contributed by atoms with Crippen LogP contribution in [0.1, 0.15) is 17.5 Å². The van der Waals surface area contributed by atoms with Crippen molar-refractivity contribution < 1.29 is 0 Å². The molecule has 0 saturated carbocycles. The van der Waals surface area contributed by atoms with Crippen LogP contribution in [-0.4, -0.2) is 16.0 Å². The van der Waals surface area contributed by atoms with Crippen molar-refractivity contribution in [2.75, 3.05) is 4.90 Å². The third-order valence-corrected chi connectivity index (χ3v) is 9.35. The molecule has 0 spiro atoms. The summed E-state index contributed by atoms with van der Waals surface area (Å²) in [6, 6.07) is 64.4. The lowest BCUT2D eigenvalue weighted by Crippen LogP contribution is -2.11. The maximum Gasteiger partial charge on any atom is 0.0763 e. The topological polar surface area (TPSA) is 32.9 Å². The lowest BCUT2D eigenvalue weighted by molar-refractivity contribution is 1.17. The monoisotopic (exact) mass is 628 g/mol. The second kappa shape index (κ2) is 12.3. The first kappa shape index (κ1) is 28.7. The van der Waals surface area contributed by atoms with E-state index < -0.39 is 0 Å². The number of benzene rings is 7. The Morgan fingerprint density at radius 1 is 0.388 bits per heavy atom. The molecule has 0 fully saturated rings. The lowest BCUT2D eigenvalue weighted by Gasteiger charge is -2.26. The molecule has 1 aliphatic heterocycles. The van der Waals surface area contributed by atoms with Crippen molar-refractivity contribution in [3.05, 3.63) is 193 Å². The van der Waals surface area contributed by atoms with E-state index in [1.165, 1.54) is 32.9 Å². The molecular formula is C45H32N4. The first-order valence-electron chi connectivity index (χ1n) is 16.6. The van der Waals surface area contributed by atoms with E-state index in [-0.39, 0.29) is 0 Å². The van der Waals surface area contributed by atoms with Crippen molar-refractivity contribution in [3.63, 3.8) is 0 Å². The Morgan fingerprint density at radius 2 is 0.878 bits per heavy atom. The highest BCUT2D eigenvalue weighted by atomic mass is 15.2. The molecule has 1 aromatic heterocycles. The van der Waals surface area contributed by atoms with Gasteiger partial charge in [0.25, 0.3) is 0 Å². The quantitative estimate of drug-likeness (QED) is 0.173. The van der Waals surface area contributed by atoms with Crippen molar-refractivity contribution in [2.24, 2.45) is 10.2 Å². The third kappa shape index (κ3) is 5.30. The number of hydrogen-bond donors (Lipinski definition) is 0. The van der Waals surface area contributed by atoms with Crippen molar-refractivity contribution in [2.45, 2.75) is 6.42 Å². The van der Waals surface area contributed by atoms with Gasteiger partial charge in [0.1, 0.15) is 0 Å². The zero-order valence-corrected chi connectivity index (χ0v) is 26.8. The molecule has 232 valence electrons. The maximum absolute atomic E-state index is 4.62. The number of anilines is 3. The molecule has 0 atom stereocenters. The van der Waals surface area contributed by atoms with Crippen LogP contribution in [0.4, 0.5) is 17.1 Å². The minimum atomic E-state index is 0.699. The van der Waals surface area contributed by atoms with E-state index >= 15 is 0 Å². The number of para-hydroxylation sites is 3. The van der Waals surface area contributed by atoms with Gasteiger partial charge in [0, 0.05) is 39.9 Å². The fourth-order valence-electron chi connectivity index (χ4n) is 6.96. The van der Waals surface area contributed by atoms with Crippen LogP contribution in [0.25, 0.3) is 38.6 Å². The van der Waals surface area contributed by atoms with E-state index in [2.05, 4.69) is 196 Å². The SMILES string of the molecule is c1ccc(-c2cccc(C3=NN=C(c4ccc(N(c5ccccc5)c5ccc(-n6c7ccccc7c7ccccc76)cc5)cc4)C3)c2)cc1. The van der Waals surface area contributed by atoms with Gasteiger partial charge in [-0.2, -0.15) is 10.2 Å². The van der Waals surface area contributed by atoms with E-state index in [1.54, 1.807) is 0 Å². The molecule has 0 unspecified atom stereocenters. The standard InChI is InChI=1S/C45H32N4/c1-3-12-32(13-4-1)34-14-11-15-35(30-34)43-31-42(46-47-43)33-22-24-37(25-23-33)48(36-16-5-2-6-17-36)38-26-28-39(29-27-38)49-44-20-9-7-18-40(44)41-19-8-10-21-45(41)49/h1-30H,31H2. The summed E-state index contributed by atoms with van der Waals surface area (Å²) >= 11 is 0. The summed E-state index contributed by atoms with van der Waals surface area (Å²) in [6.07, 6.45) is 0.699. The number of fused-ring (bicyclic) bond motifs is 3. The molecular weight excluding hydrogens is 597 g/mol. The van der Waals surface area contributed by atoms with Crippen molar-refractivity contribution in [1.29, 1.82) is 0 Å². The van der Waals surface area contributed by atoms with E-state index in [0.717, 1.165) is 45.3 Å². The zero-order valence-electron chi connectivity index (χ0n) is 26.8. The van der Waals surface area contributed by atoms with Gasteiger partial charge in [-0.1, -0.05) is 115 Å². The number of nitrogens with zero attached hydrogens (tertiary/aromatic N) is 4. The summed E-state index contributed by atoms with van der Waals surface area (Å²) < 4.78 is 2.35. The van der Waals surface area contributed by atoms with Crippen LogP contribution in [0.3, 0.4) is 0 Å². The predicted octanol–water partition coefficient (Wildman–Crippen LogP) is 11.5. The normalized spacial score (nSPS) is 12.7. The van der Waals surface area contributed by atoms with Gasteiger partial charge in [0.2, 0.25) is 0 Å². The molecule has 0 aliphatic carbocycles. The molecule has 7 aromatic carbocycles. The number of aromatic nitrogens is 1. The van der Waals surface area contributed by atoms with Crippen LogP contribution in [0.2, 0.25) is 0 Å². The average Bonchev–Trinajstić information content (AvgIpc) is 3.81. The van der Waals surface area contributed by atoms with Gasteiger partial charge >= 0.3 is 0 Å². The molecule has 0 saturated heterocycles. The van der Waals surface area contributed by atoms with Gasteiger partial charge < -0.3 is 9.47 Å². The molecule has 0 radical (unpaired) electrons. The number of hydrogen-bond acceptors (Lipinski definition) is 3. The first-order valence-corrected chi connectivity index (χ1v) is 16.6. The molecule has 4 nitrogen and oxygen atoms in total. The van der Waals surface area contributed by atoms with E-state index in [1.807, 2.05) is 6.07 Å². The van der Waals surface area contributed by atoms with Crippen molar-refractivity contribution >= 4 is 50.3 Å². The molecule has 0 amide bonds. The second-order valence-corrected chi connectivity index (χ2v) is 12.3. The fraction of sp³-hybridized carbons (Fsp3) is 0.0222.